The number of anilines is 2. The van der Waals surface area contributed by atoms with Gasteiger partial charge in [0.2, 0.25) is 0 Å². The van der Waals surface area contributed by atoms with E-state index in [0.29, 0.717) is 0 Å². The van der Waals surface area contributed by atoms with Crippen LogP contribution in [0.1, 0.15) is 10.4 Å². The Kier molecular flexibility index (Phi) is 1.63. The Morgan fingerprint density at radius 1 is 1.55 bits per heavy atom. The molecule has 1 rings (SSSR count). The Bertz CT molecular complexity index is 298. The fraction of sp³-hybridized carbons (Fsp3) is 0. The first kappa shape index (κ1) is 7.33. The molecule has 1 aromatic heterocycles. The van der Waals surface area contributed by atoms with Gasteiger partial charge in [0.05, 0.1) is 5.69 Å². The minimum atomic E-state index is -1.10. The van der Waals surface area contributed by atoms with Crippen molar-refractivity contribution in [3.63, 3.8) is 0 Å². The van der Waals surface area contributed by atoms with Gasteiger partial charge >= 0.3 is 5.97 Å². The zero-order chi connectivity index (χ0) is 8.43. The van der Waals surface area contributed by atoms with Crippen molar-refractivity contribution < 1.29 is 9.90 Å². The monoisotopic (exact) mass is 153 g/mol. The largest absolute Gasteiger partial charge is 0.478 e. The molecule has 0 aliphatic heterocycles. The number of carbonyl (C=O) groups is 1. The van der Waals surface area contributed by atoms with E-state index in [2.05, 4.69) is 4.98 Å². The van der Waals surface area contributed by atoms with Gasteiger partial charge in [0.25, 0.3) is 0 Å². The Hall–Kier alpha value is -1.78. The van der Waals surface area contributed by atoms with Crippen molar-refractivity contribution in [1.82, 2.24) is 4.98 Å². The minimum Gasteiger partial charge on any atom is -0.478 e. The zero-order valence-electron chi connectivity index (χ0n) is 5.61. The van der Waals surface area contributed by atoms with Crippen LogP contribution in [0.3, 0.4) is 0 Å². The summed E-state index contributed by atoms with van der Waals surface area (Å²) in [7, 11) is 0. The lowest BCUT2D eigenvalue weighted by atomic mass is 10.2. The summed E-state index contributed by atoms with van der Waals surface area (Å²) < 4.78 is 0. The van der Waals surface area contributed by atoms with Gasteiger partial charge in [0.15, 0.2) is 0 Å². The SMILES string of the molecule is Nc1cc(N)c(C(=O)O)cn1. The molecule has 0 amide bonds. The highest BCUT2D eigenvalue weighted by atomic mass is 16.4. The first-order valence-electron chi connectivity index (χ1n) is 2.85. The number of hydrogen-bond donors (Lipinski definition) is 3. The maximum atomic E-state index is 10.4. The molecule has 11 heavy (non-hydrogen) atoms. The zero-order valence-corrected chi connectivity index (χ0v) is 5.61. The van der Waals surface area contributed by atoms with Crippen LogP contribution in [0.5, 0.6) is 0 Å². The van der Waals surface area contributed by atoms with Gasteiger partial charge in [-0.1, -0.05) is 0 Å². The van der Waals surface area contributed by atoms with Gasteiger partial charge in [-0.15, -0.1) is 0 Å². The van der Waals surface area contributed by atoms with Crippen molar-refractivity contribution in [3.8, 4) is 0 Å². The van der Waals surface area contributed by atoms with Crippen LogP contribution in [-0.2, 0) is 0 Å². The van der Waals surface area contributed by atoms with E-state index in [1.165, 1.54) is 6.07 Å². The first-order valence-corrected chi connectivity index (χ1v) is 2.85. The van der Waals surface area contributed by atoms with Gasteiger partial charge < -0.3 is 16.6 Å². The van der Waals surface area contributed by atoms with Crippen molar-refractivity contribution in [2.75, 3.05) is 11.5 Å². The third-order valence-corrected chi connectivity index (χ3v) is 1.19. The van der Waals surface area contributed by atoms with Gasteiger partial charge in [-0.3, -0.25) is 0 Å². The second-order valence-corrected chi connectivity index (χ2v) is 2.00. The van der Waals surface area contributed by atoms with Crippen molar-refractivity contribution >= 4 is 17.5 Å². The molecule has 0 aliphatic carbocycles. The average Bonchev–Trinajstić information content (AvgIpc) is 1.85. The van der Waals surface area contributed by atoms with Gasteiger partial charge in [0.1, 0.15) is 11.4 Å². The van der Waals surface area contributed by atoms with Crippen LogP contribution < -0.4 is 11.5 Å². The van der Waals surface area contributed by atoms with E-state index in [1.54, 1.807) is 0 Å². The molecule has 0 saturated carbocycles. The number of nitrogens with two attached hydrogens (primary N) is 2. The summed E-state index contributed by atoms with van der Waals surface area (Å²) in [6.45, 7) is 0. The van der Waals surface area contributed by atoms with E-state index >= 15 is 0 Å². The third kappa shape index (κ3) is 1.37. The predicted molar refractivity (Wildman–Crippen MR) is 40.0 cm³/mol. The molecule has 5 N–H and O–H groups in total. The van der Waals surface area contributed by atoms with Crippen molar-refractivity contribution in [2.45, 2.75) is 0 Å². The van der Waals surface area contributed by atoms with E-state index < -0.39 is 5.97 Å². The lowest BCUT2D eigenvalue weighted by molar-refractivity contribution is 0.0697. The fourth-order valence-electron chi connectivity index (χ4n) is 0.667. The number of aromatic carboxylic acids is 1. The summed E-state index contributed by atoms with van der Waals surface area (Å²) in [4.78, 5) is 14.0. The maximum Gasteiger partial charge on any atom is 0.339 e. The highest BCUT2D eigenvalue weighted by molar-refractivity contribution is 5.93. The Labute approximate surface area is 62.7 Å². The van der Waals surface area contributed by atoms with E-state index in [-0.39, 0.29) is 17.1 Å². The summed E-state index contributed by atoms with van der Waals surface area (Å²) in [5, 5.41) is 8.50. The molecule has 0 radical (unpaired) electrons. The quantitative estimate of drug-likeness (QED) is 0.524. The molecule has 0 aromatic carbocycles. The standard InChI is InChI=1S/C6H7N3O2/c7-4-1-5(8)9-2-3(4)6(10)11/h1-2H,(H,10,11)(H4,7,8,9). The number of nitrogens with zero attached hydrogens (tertiary/aromatic N) is 1. The van der Waals surface area contributed by atoms with Crippen LogP contribution in [-0.4, -0.2) is 16.1 Å². The summed E-state index contributed by atoms with van der Waals surface area (Å²) in [6, 6.07) is 1.31. The molecule has 0 aliphatic rings. The molecule has 5 heteroatoms. The molecule has 0 saturated heterocycles. The first-order chi connectivity index (χ1) is 5.11. The Morgan fingerprint density at radius 2 is 2.18 bits per heavy atom. The van der Waals surface area contributed by atoms with Crippen molar-refractivity contribution in [1.29, 1.82) is 0 Å². The van der Waals surface area contributed by atoms with Crippen LogP contribution in [0, 0.1) is 0 Å². The van der Waals surface area contributed by atoms with Crippen LogP contribution in [0.4, 0.5) is 11.5 Å². The van der Waals surface area contributed by atoms with Crippen LogP contribution >= 0.6 is 0 Å². The van der Waals surface area contributed by atoms with Gasteiger partial charge in [0, 0.05) is 12.3 Å². The molecule has 1 heterocycles. The predicted octanol–water partition coefficient (Wildman–Crippen LogP) is -0.0558. The second-order valence-electron chi connectivity index (χ2n) is 2.00. The minimum absolute atomic E-state index is 0.0285. The molecular weight excluding hydrogens is 146 g/mol. The number of pyridine rings is 1. The molecular formula is C6H7N3O2. The number of nitrogen functional groups attached to an aromatic ring is 2. The number of carboxylic acids is 1. The van der Waals surface area contributed by atoms with Gasteiger partial charge in [-0.2, -0.15) is 0 Å². The van der Waals surface area contributed by atoms with Crippen molar-refractivity contribution in [3.05, 3.63) is 17.8 Å². The molecule has 0 spiro atoms. The molecule has 0 atom stereocenters. The summed E-state index contributed by atoms with van der Waals surface area (Å²) in [6.07, 6.45) is 1.13. The molecule has 0 bridgehead atoms. The molecule has 0 fully saturated rings. The smallest absolute Gasteiger partial charge is 0.339 e. The highest BCUT2D eigenvalue weighted by Crippen LogP contribution is 2.11. The van der Waals surface area contributed by atoms with Crippen LogP contribution in [0.2, 0.25) is 0 Å². The lowest BCUT2D eigenvalue weighted by Crippen LogP contribution is -2.04. The Balaban J connectivity index is 3.20. The summed E-state index contributed by atoms with van der Waals surface area (Å²) >= 11 is 0. The van der Waals surface area contributed by atoms with Crippen LogP contribution in [0.15, 0.2) is 12.3 Å². The van der Waals surface area contributed by atoms with E-state index in [4.69, 9.17) is 16.6 Å². The molecule has 58 valence electrons. The van der Waals surface area contributed by atoms with E-state index in [9.17, 15) is 4.79 Å². The summed E-state index contributed by atoms with van der Waals surface area (Å²) in [5.41, 5.74) is 10.7. The normalized spacial score (nSPS) is 9.45. The molecule has 5 nitrogen and oxygen atoms in total. The maximum absolute atomic E-state index is 10.4. The van der Waals surface area contributed by atoms with Gasteiger partial charge in [-0.05, 0) is 0 Å². The number of aromatic nitrogens is 1. The van der Waals surface area contributed by atoms with Crippen molar-refractivity contribution in [2.24, 2.45) is 0 Å². The second kappa shape index (κ2) is 2.45. The number of rotatable bonds is 1. The molecule has 1 aromatic rings. The van der Waals surface area contributed by atoms with Crippen LogP contribution in [0.25, 0.3) is 0 Å². The Morgan fingerprint density at radius 3 is 2.64 bits per heavy atom. The lowest BCUT2D eigenvalue weighted by Gasteiger charge is -1.99. The summed E-state index contributed by atoms with van der Waals surface area (Å²) in [5.74, 6) is -0.887. The highest BCUT2D eigenvalue weighted by Gasteiger charge is 2.07. The number of hydrogen-bond acceptors (Lipinski definition) is 4. The fourth-order valence-corrected chi connectivity index (χ4v) is 0.667. The number of carboxylic acid groups (broad SMARTS) is 1. The average molecular weight is 153 g/mol. The topological polar surface area (TPSA) is 102 Å². The van der Waals surface area contributed by atoms with E-state index in [1.807, 2.05) is 0 Å². The third-order valence-electron chi connectivity index (χ3n) is 1.19. The molecule has 0 unspecified atom stereocenters. The van der Waals surface area contributed by atoms with E-state index in [0.717, 1.165) is 6.20 Å². The van der Waals surface area contributed by atoms with Gasteiger partial charge in [-0.25, -0.2) is 9.78 Å².